The second-order valence-corrected chi connectivity index (χ2v) is 5.98. The fraction of sp³-hybridized carbons (Fsp3) is 0.846. The fourth-order valence-corrected chi connectivity index (χ4v) is 4.28. The van der Waals surface area contributed by atoms with Crippen LogP contribution in [-0.2, 0) is 0 Å². The SMILES string of the molecule is CC1(C)CCC2CC3CCC=C3C21. The highest BCUT2D eigenvalue weighted by Crippen LogP contribution is 2.60. The zero-order valence-corrected chi connectivity index (χ0v) is 8.84. The molecule has 0 N–H and O–H groups in total. The summed E-state index contributed by atoms with van der Waals surface area (Å²) in [6, 6.07) is 0. The average molecular weight is 176 g/mol. The van der Waals surface area contributed by atoms with Crippen molar-refractivity contribution >= 4 is 0 Å². The molecule has 0 saturated heterocycles. The predicted octanol–water partition coefficient (Wildman–Crippen LogP) is 3.78. The third kappa shape index (κ3) is 0.978. The Hall–Kier alpha value is -0.260. The molecule has 3 unspecified atom stereocenters. The fourth-order valence-electron chi connectivity index (χ4n) is 4.28. The van der Waals surface area contributed by atoms with E-state index < -0.39 is 0 Å². The maximum Gasteiger partial charge on any atom is -0.0121 e. The van der Waals surface area contributed by atoms with Crippen molar-refractivity contribution in [3.8, 4) is 0 Å². The van der Waals surface area contributed by atoms with E-state index in [2.05, 4.69) is 19.9 Å². The molecule has 0 spiro atoms. The van der Waals surface area contributed by atoms with Crippen LogP contribution in [0.2, 0.25) is 0 Å². The molecular weight excluding hydrogens is 156 g/mol. The summed E-state index contributed by atoms with van der Waals surface area (Å²) in [6.45, 7) is 4.97. The van der Waals surface area contributed by atoms with Crippen molar-refractivity contribution in [2.45, 2.75) is 46.0 Å². The summed E-state index contributed by atoms with van der Waals surface area (Å²) in [6.07, 6.45) is 9.91. The van der Waals surface area contributed by atoms with Crippen molar-refractivity contribution in [1.82, 2.24) is 0 Å². The van der Waals surface area contributed by atoms with Crippen molar-refractivity contribution in [2.24, 2.45) is 23.2 Å². The maximum absolute atomic E-state index is 2.57. The van der Waals surface area contributed by atoms with E-state index in [1.54, 1.807) is 0 Å². The zero-order chi connectivity index (χ0) is 9.05. The normalized spacial score (nSPS) is 46.0. The molecule has 0 nitrogen and oxygen atoms in total. The minimum atomic E-state index is 0.621. The predicted molar refractivity (Wildman–Crippen MR) is 55.4 cm³/mol. The van der Waals surface area contributed by atoms with Gasteiger partial charge < -0.3 is 0 Å². The van der Waals surface area contributed by atoms with Gasteiger partial charge in [0.1, 0.15) is 0 Å². The van der Waals surface area contributed by atoms with Gasteiger partial charge in [0, 0.05) is 0 Å². The molecule has 3 aliphatic carbocycles. The molecule has 3 atom stereocenters. The standard InChI is InChI=1S/C13H20/c1-13(2)7-6-10-8-9-4-3-5-11(9)12(10)13/h5,9-10,12H,3-4,6-8H2,1-2H3. The van der Waals surface area contributed by atoms with Crippen molar-refractivity contribution in [3.05, 3.63) is 11.6 Å². The molecule has 0 bridgehead atoms. The highest BCUT2D eigenvalue weighted by Gasteiger charge is 2.50. The Morgan fingerprint density at radius 2 is 2.15 bits per heavy atom. The highest BCUT2D eigenvalue weighted by atomic mass is 14.6. The summed E-state index contributed by atoms with van der Waals surface area (Å²) in [5.41, 5.74) is 2.49. The van der Waals surface area contributed by atoms with Crippen molar-refractivity contribution < 1.29 is 0 Å². The van der Waals surface area contributed by atoms with Crippen LogP contribution in [0.1, 0.15) is 46.0 Å². The molecule has 0 aliphatic heterocycles. The van der Waals surface area contributed by atoms with Crippen molar-refractivity contribution in [3.63, 3.8) is 0 Å². The lowest BCUT2D eigenvalue weighted by atomic mass is 9.77. The molecular formula is C13H20. The highest BCUT2D eigenvalue weighted by molar-refractivity contribution is 5.26. The Bertz CT molecular complexity index is 259. The van der Waals surface area contributed by atoms with Gasteiger partial charge in [-0.2, -0.15) is 0 Å². The second kappa shape index (κ2) is 2.40. The molecule has 2 fully saturated rings. The van der Waals surface area contributed by atoms with Crippen LogP contribution in [0.15, 0.2) is 11.6 Å². The lowest BCUT2D eigenvalue weighted by molar-refractivity contribution is 0.279. The average Bonchev–Trinajstić information content (AvgIpc) is 2.61. The van der Waals surface area contributed by atoms with Crippen LogP contribution in [0.25, 0.3) is 0 Å². The van der Waals surface area contributed by atoms with Crippen LogP contribution in [0.3, 0.4) is 0 Å². The summed E-state index contributed by atoms with van der Waals surface area (Å²) in [4.78, 5) is 0. The third-order valence-electron chi connectivity index (χ3n) is 4.79. The second-order valence-electron chi connectivity index (χ2n) is 5.98. The van der Waals surface area contributed by atoms with Crippen LogP contribution >= 0.6 is 0 Å². The zero-order valence-electron chi connectivity index (χ0n) is 8.84. The van der Waals surface area contributed by atoms with Gasteiger partial charge in [-0.05, 0) is 55.3 Å². The van der Waals surface area contributed by atoms with Gasteiger partial charge in [-0.15, -0.1) is 0 Å². The third-order valence-corrected chi connectivity index (χ3v) is 4.79. The van der Waals surface area contributed by atoms with Gasteiger partial charge in [0.05, 0.1) is 0 Å². The van der Waals surface area contributed by atoms with Crippen LogP contribution in [0.5, 0.6) is 0 Å². The molecule has 0 aromatic heterocycles. The van der Waals surface area contributed by atoms with Crippen molar-refractivity contribution in [2.75, 3.05) is 0 Å². The van der Waals surface area contributed by atoms with Gasteiger partial charge >= 0.3 is 0 Å². The monoisotopic (exact) mass is 176 g/mol. The van der Waals surface area contributed by atoms with Gasteiger partial charge in [-0.1, -0.05) is 25.5 Å². The van der Waals surface area contributed by atoms with Gasteiger partial charge in [0.2, 0.25) is 0 Å². The molecule has 72 valence electrons. The number of hydrogen-bond donors (Lipinski definition) is 0. The molecule has 2 saturated carbocycles. The van der Waals surface area contributed by atoms with Crippen LogP contribution < -0.4 is 0 Å². The Morgan fingerprint density at radius 1 is 1.31 bits per heavy atom. The lowest BCUT2D eigenvalue weighted by Crippen LogP contribution is -2.19. The Kier molecular flexibility index (Phi) is 1.49. The molecule has 0 aromatic rings. The molecule has 0 aromatic carbocycles. The van der Waals surface area contributed by atoms with Gasteiger partial charge in [0.15, 0.2) is 0 Å². The van der Waals surface area contributed by atoms with Gasteiger partial charge in [-0.25, -0.2) is 0 Å². The summed E-state index contributed by atoms with van der Waals surface area (Å²) in [7, 11) is 0. The first-order chi connectivity index (χ1) is 6.18. The minimum absolute atomic E-state index is 0.621. The Labute approximate surface area is 81.4 Å². The van der Waals surface area contributed by atoms with E-state index in [9.17, 15) is 0 Å². The summed E-state index contributed by atoms with van der Waals surface area (Å²) in [5, 5.41) is 0. The molecule has 3 rings (SSSR count). The van der Waals surface area contributed by atoms with Gasteiger partial charge in [0.25, 0.3) is 0 Å². The maximum atomic E-state index is 2.57. The first kappa shape index (κ1) is 8.08. The minimum Gasteiger partial charge on any atom is -0.0847 e. The quantitative estimate of drug-likeness (QED) is 0.493. The first-order valence-corrected chi connectivity index (χ1v) is 5.88. The van der Waals surface area contributed by atoms with Crippen LogP contribution in [0, 0.1) is 23.2 Å². The van der Waals surface area contributed by atoms with E-state index in [0.29, 0.717) is 5.41 Å². The van der Waals surface area contributed by atoms with Crippen LogP contribution in [-0.4, -0.2) is 0 Å². The van der Waals surface area contributed by atoms with E-state index in [4.69, 9.17) is 0 Å². The molecule has 0 heteroatoms. The van der Waals surface area contributed by atoms with Crippen molar-refractivity contribution in [1.29, 1.82) is 0 Å². The van der Waals surface area contributed by atoms with Crippen LogP contribution in [0.4, 0.5) is 0 Å². The van der Waals surface area contributed by atoms with Gasteiger partial charge in [-0.3, -0.25) is 0 Å². The number of allylic oxidation sites excluding steroid dienone is 2. The summed E-state index contributed by atoms with van der Waals surface area (Å²) < 4.78 is 0. The van der Waals surface area contributed by atoms with E-state index in [0.717, 1.165) is 17.8 Å². The molecule has 0 amide bonds. The number of fused-ring (bicyclic) bond motifs is 3. The van der Waals surface area contributed by atoms with E-state index in [1.807, 2.05) is 5.57 Å². The smallest absolute Gasteiger partial charge is 0.0121 e. The largest absolute Gasteiger partial charge is 0.0847 e. The number of hydrogen-bond acceptors (Lipinski definition) is 0. The lowest BCUT2D eigenvalue weighted by Gasteiger charge is -2.28. The molecule has 0 radical (unpaired) electrons. The topological polar surface area (TPSA) is 0 Å². The Morgan fingerprint density at radius 3 is 3.00 bits per heavy atom. The van der Waals surface area contributed by atoms with E-state index in [-0.39, 0.29) is 0 Å². The van der Waals surface area contributed by atoms with E-state index in [1.165, 1.54) is 32.1 Å². The summed E-state index contributed by atoms with van der Waals surface area (Å²) in [5.74, 6) is 3.04. The summed E-state index contributed by atoms with van der Waals surface area (Å²) >= 11 is 0. The molecule has 13 heavy (non-hydrogen) atoms. The Balaban J connectivity index is 1.98. The molecule has 0 heterocycles. The first-order valence-electron chi connectivity index (χ1n) is 5.88. The van der Waals surface area contributed by atoms with E-state index >= 15 is 0 Å². The number of rotatable bonds is 0. The molecule has 3 aliphatic rings.